The van der Waals surface area contributed by atoms with E-state index in [4.69, 9.17) is 0 Å². The van der Waals surface area contributed by atoms with Crippen LogP contribution in [0.3, 0.4) is 0 Å². The molecule has 0 saturated heterocycles. The van der Waals surface area contributed by atoms with Gasteiger partial charge in [-0.1, -0.05) is 48.0 Å². The van der Waals surface area contributed by atoms with Gasteiger partial charge >= 0.3 is 0 Å². The van der Waals surface area contributed by atoms with E-state index >= 15 is 0 Å². The van der Waals surface area contributed by atoms with Crippen LogP contribution < -0.4 is 4.72 Å². The number of aryl methyl sites for hydroxylation is 2. The van der Waals surface area contributed by atoms with Crippen LogP contribution in [0.4, 0.5) is 0 Å². The second-order valence-corrected chi connectivity index (χ2v) is 7.76. The molecule has 3 nitrogen and oxygen atoms in total. The maximum absolute atomic E-state index is 12.7. The number of nitrogens with one attached hydrogen (secondary N) is 1. The van der Waals surface area contributed by atoms with E-state index in [1.807, 2.05) is 43.3 Å². The summed E-state index contributed by atoms with van der Waals surface area (Å²) >= 11 is 0. The van der Waals surface area contributed by atoms with Gasteiger partial charge in [0.25, 0.3) is 0 Å². The van der Waals surface area contributed by atoms with Crippen molar-refractivity contribution in [2.24, 2.45) is 5.92 Å². The van der Waals surface area contributed by atoms with Crippen LogP contribution >= 0.6 is 0 Å². The Morgan fingerprint density at radius 1 is 1.13 bits per heavy atom. The molecule has 0 heterocycles. The zero-order valence-corrected chi connectivity index (χ0v) is 14.0. The largest absolute Gasteiger partial charge is 0.241 e. The van der Waals surface area contributed by atoms with Crippen LogP contribution in [0.15, 0.2) is 66.1 Å². The SMILES string of the molecule is C=C[C@@H]1CCc2ccccc2[C@@H]1NS(=O)(=O)c1ccc(C)cc1. The van der Waals surface area contributed by atoms with Gasteiger partial charge in [0, 0.05) is 0 Å². The molecule has 0 bridgehead atoms. The summed E-state index contributed by atoms with van der Waals surface area (Å²) < 4.78 is 28.4. The lowest BCUT2D eigenvalue weighted by Gasteiger charge is -2.32. The normalized spacial score (nSPS) is 20.7. The molecule has 0 aromatic heterocycles. The lowest BCUT2D eigenvalue weighted by atomic mass is 9.80. The van der Waals surface area contributed by atoms with E-state index in [-0.39, 0.29) is 12.0 Å². The Kier molecular flexibility index (Phi) is 4.37. The van der Waals surface area contributed by atoms with Gasteiger partial charge in [0.15, 0.2) is 0 Å². The summed E-state index contributed by atoms with van der Waals surface area (Å²) in [6.07, 6.45) is 3.72. The van der Waals surface area contributed by atoms with Crippen LogP contribution in [-0.2, 0) is 16.4 Å². The summed E-state index contributed by atoms with van der Waals surface area (Å²) in [5.41, 5.74) is 3.30. The highest BCUT2D eigenvalue weighted by Gasteiger charge is 2.31. The van der Waals surface area contributed by atoms with E-state index in [1.165, 1.54) is 5.56 Å². The molecule has 2 aromatic rings. The average Bonchev–Trinajstić information content (AvgIpc) is 2.55. The first-order chi connectivity index (χ1) is 11.0. The number of sulfonamides is 1. The Bertz CT molecular complexity index is 810. The lowest BCUT2D eigenvalue weighted by molar-refractivity contribution is 0.421. The van der Waals surface area contributed by atoms with E-state index in [0.717, 1.165) is 24.0 Å². The summed E-state index contributed by atoms with van der Waals surface area (Å²) in [6, 6.07) is 14.7. The Morgan fingerprint density at radius 3 is 2.52 bits per heavy atom. The summed E-state index contributed by atoms with van der Waals surface area (Å²) in [7, 11) is -3.56. The average molecular weight is 327 g/mol. The Hall–Kier alpha value is -1.91. The van der Waals surface area contributed by atoms with Crippen molar-refractivity contribution in [3.63, 3.8) is 0 Å². The molecule has 23 heavy (non-hydrogen) atoms. The fraction of sp³-hybridized carbons (Fsp3) is 0.263. The van der Waals surface area contributed by atoms with Crippen molar-refractivity contribution in [2.45, 2.75) is 30.7 Å². The van der Waals surface area contributed by atoms with Gasteiger partial charge in [-0.2, -0.15) is 0 Å². The predicted octanol–water partition coefficient (Wildman–Crippen LogP) is 3.76. The van der Waals surface area contributed by atoms with Gasteiger partial charge in [-0.25, -0.2) is 13.1 Å². The van der Waals surface area contributed by atoms with Crippen molar-refractivity contribution in [3.05, 3.63) is 77.9 Å². The van der Waals surface area contributed by atoms with Gasteiger partial charge < -0.3 is 0 Å². The molecular weight excluding hydrogens is 306 g/mol. The maximum Gasteiger partial charge on any atom is 0.241 e. The first kappa shape index (κ1) is 16.0. The minimum Gasteiger partial charge on any atom is -0.207 e. The molecule has 0 fully saturated rings. The van der Waals surface area contributed by atoms with Crippen molar-refractivity contribution in [1.29, 1.82) is 0 Å². The van der Waals surface area contributed by atoms with Gasteiger partial charge in [0.2, 0.25) is 10.0 Å². The second-order valence-electron chi connectivity index (χ2n) is 6.05. The maximum atomic E-state index is 12.7. The first-order valence-electron chi connectivity index (χ1n) is 7.80. The minimum absolute atomic E-state index is 0.102. The van der Waals surface area contributed by atoms with Gasteiger partial charge in [-0.05, 0) is 48.9 Å². The number of benzene rings is 2. The standard InChI is InChI=1S/C19H21NO2S/c1-3-15-10-11-16-6-4-5-7-18(16)19(15)20-23(21,22)17-12-8-14(2)9-13-17/h3-9,12-13,15,19-20H,1,10-11H2,2H3/t15-,19-/m1/s1. The van der Waals surface area contributed by atoms with Gasteiger partial charge in [-0.15, -0.1) is 6.58 Å². The molecule has 0 saturated carbocycles. The molecule has 0 amide bonds. The van der Waals surface area contributed by atoms with E-state index in [0.29, 0.717) is 4.90 Å². The van der Waals surface area contributed by atoms with Gasteiger partial charge in [-0.3, -0.25) is 0 Å². The Morgan fingerprint density at radius 2 is 1.83 bits per heavy atom. The molecule has 2 aromatic carbocycles. The van der Waals surface area contributed by atoms with Crippen LogP contribution in [0.1, 0.15) is 29.2 Å². The van der Waals surface area contributed by atoms with Crippen molar-refractivity contribution >= 4 is 10.0 Å². The quantitative estimate of drug-likeness (QED) is 0.869. The third kappa shape index (κ3) is 3.23. The van der Waals surface area contributed by atoms with Crippen molar-refractivity contribution < 1.29 is 8.42 Å². The van der Waals surface area contributed by atoms with Crippen molar-refractivity contribution in [1.82, 2.24) is 4.72 Å². The van der Waals surface area contributed by atoms with E-state index in [1.54, 1.807) is 12.1 Å². The molecule has 2 atom stereocenters. The van der Waals surface area contributed by atoms with Crippen molar-refractivity contribution in [3.8, 4) is 0 Å². The summed E-state index contributed by atoms with van der Waals surface area (Å²) in [5.74, 6) is 0.102. The Labute approximate surface area is 138 Å². The third-order valence-electron chi connectivity index (χ3n) is 4.48. The molecule has 0 unspecified atom stereocenters. The van der Waals surface area contributed by atoms with Crippen molar-refractivity contribution in [2.75, 3.05) is 0 Å². The minimum atomic E-state index is -3.56. The zero-order valence-electron chi connectivity index (χ0n) is 13.2. The molecule has 0 radical (unpaired) electrons. The molecule has 1 N–H and O–H groups in total. The highest BCUT2D eigenvalue weighted by molar-refractivity contribution is 7.89. The first-order valence-corrected chi connectivity index (χ1v) is 9.29. The van der Waals surface area contributed by atoms with E-state index in [2.05, 4.69) is 17.4 Å². The molecule has 120 valence electrons. The molecule has 4 heteroatoms. The third-order valence-corrected chi connectivity index (χ3v) is 5.94. The monoisotopic (exact) mass is 327 g/mol. The number of rotatable bonds is 4. The number of hydrogen-bond donors (Lipinski definition) is 1. The highest BCUT2D eigenvalue weighted by Crippen LogP contribution is 2.36. The van der Waals surface area contributed by atoms with Crippen LogP contribution in [0.2, 0.25) is 0 Å². The predicted molar refractivity (Wildman–Crippen MR) is 92.7 cm³/mol. The molecular formula is C19H21NO2S. The second kappa shape index (κ2) is 6.30. The summed E-state index contributed by atoms with van der Waals surface area (Å²) in [6.45, 7) is 5.83. The molecule has 1 aliphatic rings. The molecule has 0 aliphatic heterocycles. The topological polar surface area (TPSA) is 46.2 Å². The molecule has 1 aliphatic carbocycles. The molecule has 0 spiro atoms. The van der Waals surface area contributed by atoms with Crippen LogP contribution in [0.25, 0.3) is 0 Å². The smallest absolute Gasteiger partial charge is 0.207 e. The number of fused-ring (bicyclic) bond motifs is 1. The van der Waals surface area contributed by atoms with Crippen LogP contribution in [-0.4, -0.2) is 8.42 Å². The fourth-order valence-electron chi connectivity index (χ4n) is 3.14. The van der Waals surface area contributed by atoms with E-state index in [9.17, 15) is 8.42 Å². The fourth-order valence-corrected chi connectivity index (χ4v) is 4.41. The van der Waals surface area contributed by atoms with Gasteiger partial charge in [0.1, 0.15) is 0 Å². The highest BCUT2D eigenvalue weighted by atomic mass is 32.2. The number of hydrogen-bond acceptors (Lipinski definition) is 2. The molecule has 3 rings (SSSR count). The van der Waals surface area contributed by atoms with Crippen LogP contribution in [0.5, 0.6) is 0 Å². The summed E-state index contributed by atoms with van der Waals surface area (Å²) in [4.78, 5) is 0.300. The lowest BCUT2D eigenvalue weighted by Crippen LogP contribution is -2.35. The van der Waals surface area contributed by atoms with E-state index < -0.39 is 10.0 Å². The van der Waals surface area contributed by atoms with Gasteiger partial charge in [0.05, 0.1) is 10.9 Å². The Balaban J connectivity index is 1.96. The van der Waals surface area contributed by atoms with Crippen LogP contribution in [0, 0.1) is 12.8 Å². The summed E-state index contributed by atoms with van der Waals surface area (Å²) in [5, 5.41) is 0. The zero-order chi connectivity index (χ0) is 16.4.